The molecule has 27 heavy (non-hydrogen) atoms. The third kappa shape index (κ3) is 13.0. The molecule has 0 aromatic heterocycles. The maximum atomic E-state index is 12.3. The van der Waals surface area contributed by atoms with Crippen molar-refractivity contribution < 1.29 is 9.59 Å². The van der Waals surface area contributed by atoms with Crippen molar-refractivity contribution in [1.29, 1.82) is 0 Å². The number of amides is 1. The molecule has 0 unspecified atom stereocenters. The molecule has 0 fully saturated rings. The topological polar surface area (TPSA) is 46.2 Å². The Morgan fingerprint density at radius 1 is 0.926 bits per heavy atom. The summed E-state index contributed by atoms with van der Waals surface area (Å²) in [6.07, 6.45) is 5.94. The number of hydrogen-bond acceptors (Lipinski definition) is 2. The van der Waals surface area contributed by atoms with Crippen LogP contribution in [-0.4, -0.2) is 18.2 Å². The molecule has 0 atom stereocenters. The normalized spacial score (nSPS) is 9.30. The summed E-state index contributed by atoms with van der Waals surface area (Å²) in [6, 6.07) is 5.87. The molecule has 1 aromatic carbocycles. The van der Waals surface area contributed by atoms with Crippen LogP contribution in [-0.2, 0) is 4.79 Å². The quantitative estimate of drug-likeness (QED) is 0.460. The van der Waals surface area contributed by atoms with Crippen LogP contribution in [0.3, 0.4) is 0 Å². The lowest BCUT2D eigenvalue weighted by Gasteiger charge is -2.10. The van der Waals surface area contributed by atoms with Gasteiger partial charge in [-0.3, -0.25) is 4.79 Å². The Bertz CT molecular complexity index is 561. The number of ketones is 1. The summed E-state index contributed by atoms with van der Waals surface area (Å²) in [4.78, 5) is 23.1. The molecule has 0 aliphatic rings. The minimum Gasteiger partial charge on any atom is -0.352 e. The molecule has 0 saturated carbocycles. The van der Waals surface area contributed by atoms with Crippen LogP contribution in [0.5, 0.6) is 0 Å². The number of allylic oxidation sites excluding steroid dienone is 1. The highest BCUT2D eigenvalue weighted by Gasteiger charge is 2.09. The van der Waals surface area contributed by atoms with E-state index < -0.39 is 0 Å². The van der Waals surface area contributed by atoms with Gasteiger partial charge in [-0.1, -0.05) is 71.2 Å². The number of hydrogen-bond donors (Lipinski definition) is 1. The molecule has 0 saturated heterocycles. The van der Waals surface area contributed by atoms with Crippen molar-refractivity contribution in [2.24, 2.45) is 0 Å². The predicted molar refractivity (Wildman–Crippen MR) is 119 cm³/mol. The predicted octanol–water partition coefficient (Wildman–Crippen LogP) is 6.74. The lowest BCUT2D eigenvalue weighted by molar-refractivity contribution is -0.117. The fraction of sp³-hybridized carbons (Fsp3) is 0.583. The van der Waals surface area contributed by atoms with Gasteiger partial charge in [0.25, 0.3) is 5.91 Å². The number of aryl methyl sites for hydroxylation is 1. The van der Waals surface area contributed by atoms with Gasteiger partial charge in [0.05, 0.1) is 0 Å². The Hall–Kier alpha value is -1.90. The van der Waals surface area contributed by atoms with Gasteiger partial charge in [0, 0.05) is 18.5 Å². The molecule has 0 bridgehead atoms. The summed E-state index contributed by atoms with van der Waals surface area (Å²) in [5, 5.41) is 2.99. The Labute approximate surface area is 167 Å². The van der Waals surface area contributed by atoms with Crippen LogP contribution in [0.25, 0.3) is 5.57 Å². The second-order valence-electron chi connectivity index (χ2n) is 6.29. The molecular formula is C24H41NO2. The third-order valence-corrected chi connectivity index (χ3v) is 3.97. The second kappa shape index (κ2) is 17.5. The van der Waals surface area contributed by atoms with E-state index in [-0.39, 0.29) is 11.7 Å². The zero-order valence-electron chi connectivity index (χ0n) is 18.7. The molecule has 1 aromatic rings. The van der Waals surface area contributed by atoms with E-state index in [1.54, 1.807) is 6.92 Å². The fourth-order valence-electron chi connectivity index (χ4n) is 2.46. The van der Waals surface area contributed by atoms with E-state index in [0.29, 0.717) is 13.0 Å². The van der Waals surface area contributed by atoms with E-state index >= 15 is 0 Å². The number of benzene rings is 1. The highest BCUT2D eigenvalue weighted by molar-refractivity contribution is 5.96. The monoisotopic (exact) mass is 375 g/mol. The van der Waals surface area contributed by atoms with Gasteiger partial charge in [0.2, 0.25) is 0 Å². The first kappa shape index (κ1) is 27.3. The van der Waals surface area contributed by atoms with Crippen molar-refractivity contribution in [3.63, 3.8) is 0 Å². The zero-order valence-corrected chi connectivity index (χ0v) is 18.7. The van der Waals surface area contributed by atoms with E-state index in [1.807, 2.05) is 59.7 Å². The zero-order chi connectivity index (χ0) is 21.2. The lowest BCUT2D eigenvalue weighted by Crippen LogP contribution is -2.25. The number of rotatable bonds is 10. The Morgan fingerprint density at radius 2 is 1.48 bits per heavy atom. The summed E-state index contributed by atoms with van der Waals surface area (Å²) in [5.74, 6) is 0.256. The molecule has 0 aliphatic carbocycles. The maximum Gasteiger partial charge on any atom is 0.251 e. The van der Waals surface area contributed by atoms with Crippen molar-refractivity contribution in [3.8, 4) is 0 Å². The summed E-state index contributed by atoms with van der Waals surface area (Å²) in [7, 11) is 0. The fourth-order valence-corrected chi connectivity index (χ4v) is 2.46. The van der Waals surface area contributed by atoms with E-state index in [1.165, 1.54) is 0 Å². The first-order chi connectivity index (χ1) is 12.9. The molecule has 1 amide bonds. The van der Waals surface area contributed by atoms with E-state index in [4.69, 9.17) is 0 Å². The molecule has 1 rings (SSSR count). The summed E-state index contributed by atoms with van der Waals surface area (Å²) in [5.41, 5.74) is 3.68. The lowest BCUT2D eigenvalue weighted by atomic mass is 10.0. The number of carbonyl (C=O) groups is 2. The van der Waals surface area contributed by atoms with Gasteiger partial charge >= 0.3 is 0 Å². The largest absolute Gasteiger partial charge is 0.352 e. The van der Waals surface area contributed by atoms with Crippen LogP contribution in [0, 0.1) is 6.92 Å². The second-order valence-corrected chi connectivity index (χ2v) is 6.29. The minimum absolute atomic E-state index is 0.0119. The van der Waals surface area contributed by atoms with Crippen molar-refractivity contribution in [3.05, 3.63) is 41.5 Å². The Morgan fingerprint density at radius 3 is 2.04 bits per heavy atom. The van der Waals surface area contributed by atoms with E-state index in [9.17, 15) is 9.59 Å². The van der Waals surface area contributed by atoms with Gasteiger partial charge in [-0.05, 0) is 50.8 Å². The van der Waals surface area contributed by atoms with Gasteiger partial charge in [-0.25, -0.2) is 0 Å². The van der Waals surface area contributed by atoms with E-state index in [0.717, 1.165) is 54.4 Å². The molecule has 1 N–H and O–H groups in total. The van der Waals surface area contributed by atoms with Crippen LogP contribution in [0.15, 0.2) is 24.8 Å². The van der Waals surface area contributed by atoms with Gasteiger partial charge in [0.15, 0.2) is 0 Å². The van der Waals surface area contributed by atoms with Crippen molar-refractivity contribution >= 4 is 17.3 Å². The van der Waals surface area contributed by atoms with Crippen LogP contribution in [0.4, 0.5) is 0 Å². The molecule has 0 spiro atoms. The Kier molecular flexibility index (Phi) is 17.7. The first-order valence-electron chi connectivity index (χ1n) is 10.5. The van der Waals surface area contributed by atoms with Gasteiger partial charge < -0.3 is 10.1 Å². The van der Waals surface area contributed by atoms with Crippen LogP contribution >= 0.6 is 0 Å². The maximum absolute atomic E-state index is 12.3. The number of unbranched alkanes of at least 4 members (excludes halogenated alkanes) is 4. The molecule has 3 nitrogen and oxygen atoms in total. The molecule has 0 heterocycles. The standard InChI is InChI=1S/C20H29NO2.2C2H6/c1-15(2)18-12-11-16(3)19(14-18)20(23)21-13-9-7-5-6-8-10-17(4)22;2*1-2/h11-12,14H,1,5-10,13H2,2-4H3,(H,21,23);2*1-2H3. The number of carbonyl (C=O) groups excluding carboxylic acids is 2. The third-order valence-electron chi connectivity index (χ3n) is 3.97. The summed E-state index contributed by atoms with van der Waals surface area (Å²) in [6.45, 7) is 18.2. The molecular weight excluding hydrogens is 334 g/mol. The van der Waals surface area contributed by atoms with Gasteiger partial charge in [-0.15, -0.1) is 0 Å². The van der Waals surface area contributed by atoms with Gasteiger partial charge in [0.1, 0.15) is 5.78 Å². The average molecular weight is 376 g/mol. The number of nitrogens with one attached hydrogen (secondary N) is 1. The summed E-state index contributed by atoms with van der Waals surface area (Å²) < 4.78 is 0. The average Bonchev–Trinajstić information content (AvgIpc) is 2.66. The van der Waals surface area contributed by atoms with E-state index in [2.05, 4.69) is 11.9 Å². The Balaban J connectivity index is 0. The highest BCUT2D eigenvalue weighted by Crippen LogP contribution is 2.17. The summed E-state index contributed by atoms with van der Waals surface area (Å²) >= 11 is 0. The highest BCUT2D eigenvalue weighted by atomic mass is 16.1. The molecule has 0 aliphatic heterocycles. The smallest absolute Gasteiger partial charge is 0.251 e. The van der Waals surface area contributed by atoms with Crippen molar-refractivity contribution in [2.45, 2.75) is 87.0 Å². The number of Topliss-reactive ketones (excluding diaryl/α,β-unsaturated/α-hetero) is 1. The SMILES string of the molecule is C=C(C)c1ccc(C)c(C(=O)NCCCCCCCC(C)=O)c1.CC.CC. The molecule has 154 valence electrons. The van der Waals surface area contributed by atoms with Crippen LogP contribution in [0.2, 0.25) is 0 Å². The van der Waals surface area contributed by atoms with Crippen molar-refractivity contribution in [1.82, 2.24) is 5.32 Å². The molecule has 3 heteroatoms. The first-order valence-corrected chi connectivity index (χ1v) is 10.5. The van der Waals surface area contributed by atoms with Gasteiger partial charge in [-0.2, -0.15) is 0 Å². The minimum atomic E-state index is -0.0119. The van der Waals surface area contributed by atoms with Crippen LogP contribution < -0.4 is 5.32 Å². The molecule has 0 radical (unpaired) electrons. The van der Waals surface area contributed by atoms with Crippen molar-refractivity contribution in [2.75, 3.05) is 6.54 Å². The van der Waals surface area contributed by atoms with Crippen LogP contribution in [0.1, 0.15) is 102 Å².